The largest absolute Gasteiger partial charge is 0.256 e. The lowest BCUT2D eigenvalue weighted by Crippen LogP contribution is -2.13. The third-order valence-corrected chi connectivity index (χ3v) is 4.82. The standard InChI is InChI=1S/2C13H15N/c1-13(2,3)11-8-9-14-12-7-5-4-6-10(11)12;1-13(2,3)12-9-8-10-6-4-5-7-11(10)14-12/h2*4-9H,1-3H3. The van der Waals surface area contributed by atoms with Crippen LogP contribution in [0, 0.1) is 0 Å². The highest BCUT2D eigenvalue weighted by Gasteiger charge is 2.16. The molecular weight excluding hydrogens is 340 g/mol. The molecule has 0 aliphatic rings. The lowest BCUT2D eigenvalue weighted by molar-refractivity contribution is 0.571. The summed E-state index contributed by atoms with van der Waals surface area (Å²) in [6.45, 7) is 13.2. The second kappa shape index (κ2) is 7.71. The second-order valence-electron chi connectivity index (χ2n) is 9.26. The Morgan fingerprint density at radius 1 is 0.607 bits per heavy atom. The molecule has 0 fully saturated rings. The van der Waals surface area contributed by atoms with Gasteiger partial charge < -0.3 is 0 Å². The van der Waals surface area contributed by atoms with Gasteiger partial charge in [0.05, 0.1) is 11.0 Å². The van der Waals surface area contributed by atoms with Crippen LogP contribution < -0.4 is 0 Å². The molecule has 0 radical (unpaired) electrons. The fourth-order valence-electron chi connectivity index (χ4n) is 3.23. The number of para-hydroxylation sites is 2. The Bertz CT molecular complexity index is 1070. The molecule has 0 spiro atoms. The van der Waals surface area contributed by atoms with Gasteiger partial charge in [-0.05, 0) is 35.2 Å². The number of fused-ring (bicyclic) bond motifs is 2. The Labute approximate surface area is 168 Å². The molecule has 0 atom stereocenters. The molecule has 0 saturated heterocycles. The minimum atomic E-state index is 0.129. The van der Waals surface area contributed by atoms with Crippen molar-refractivity contribution in [3.63, 3.8) is 0 Å². The van der Waals surface area contributed by atoms with E-state index in [1.807, 2.05) is 24.4 Å². The molecule has 2 heterocycles. The summed E-state index contributed by atoms with van der Waals surface area (Å²) in [5.41, 5.74) is 4.99. The van der Waals surface area contributed by atoms with Gasteiger partial charge in [-0.2, -0.15) is 0 Å². The molecule has 0 amide bonds. The van der Waals surface area contributed by atoms with E-state index in [0.29, 0.717) is 0 Å². The summed E-state index contributed by atoms with van der Waals surface area (Å²) in [5.74, 6) is 0. The van der Waals surface area contributed by atoms with E-state index in [0.717, 1.165) is 16.7 Å². The first-order chi connectivity index (χ1) is 13.2. The van der Waals surface area contributed by atoms with E-state index in [-0.39, 0.29) is 10.8 Å². The number of benzene rings is 2. The molecule has 2 aromatic heterocycles. The predicted octanol–water partition coefficient (Wildman–Crippen LogP) is 7.06. The number of rotatable bonds is 0. The zero-order valence-corrected chi connectivity index (χ0v) is 17.8. The molecule has 0 bridgehead atoms. The Balaban J connectivity index is 0.000000161. The van der Waals surface area contributed by atoms with Crippen LogP contribution in [0.2, 0.25) is 0 Å². The van der Waals surface area contributed by atoms with Crippen molar-refractivity contribution in [3.05, 3.63) is 84.2 Å². The van der Waals surface area contributed by atoms with Crippen LogP contribution in [0.4, 0.5) is 0 Å². The minimum Gasteiger partial charge on any atom is -0.256 e. The SMILES string of the molecule is CC(C)(C)c1ccc2ccccc2n1.CC(C)(C)c1ccnc2ccccc12. The van der Waals surface area contributed by atoms with Gasteiger partial charge in [-0.15, -0.1) is 0 Å². The predicted molar refractivity (Wildman–Crippen MR) is 121 cm³/mol. The van der Waals surface area contributed by atoms with Gasteiger partial charge in [0.1, 0.15) is 0 Å². The highest BCUT2D eigenvalue weighted by atomic mass is 14.7. The molecule has 0 aliphatic heterocycles. The number of pyridine rings is 2. The van der Waals surface area contributed by atoms with Gasteiger partial charge in [0.2, 0.25) is 0 Å². The summed E-state index contributed by atoms with van der Waals surface area (Å²) < 4.78 is 0. The zero-order chi connectivity index (χ0) is 20.4. The van der Waals surface area contributed by atoms with Crippen molar-refractivity contribution < 1.29 is 0 Å². The second-order valence-corrected chi connectivity index (χ2v) is 9.26. The Morgan fingerprint density at radius 2 is 1.25 bits per heavy atom. The molecule has 2 aromatic carbocycles. The molecule has 144 valence electrons. The molecule has 0 unspecified atom stereocenters. The van der Waals surface area contributed by atoms with Crippen LogP contribution in [0.3, 0.4) is 0 Å². The fraction of sp³-hybridized carbons (Fsp3) is 0.308. The summed E-state index contributed by atoms with van der Waals surface area (Å²) >= 11 is 0. The number of nitrogens with zero attached hydrogens (tertiary/aromatic N) is 2. The molecule has 0 saturated carbocycles. The molecule has 4 aromatic rings. The van der Waals surface area contributed by atoms with E-state index < -0.39 is 0 Å². The average molecular weight is 371 g/mol. The Hall–Kier alpha value is -2.74. The third-order valence-electron chi connectivity index (χ3n) is 4.82. The van der Waals surface area contributed by atoms with E-state index >= 15 is 0 Å². The van der Waals surface area contributed by atoms with Crippen LogP contribution in [0.15, 0.2) is 72.9 Å². The lowest BCUT2D eigenvalue weighted by Gasteiger charge is -2.20. The molecule has 4 rings (SSSR count). The Morgan fingerprint density at radius 3 is 1.93 bits per heavy atom. The monoisotopic (exact) mass is 370 g/mol. The van der Waals surface area contributed by atoms with Crippen molar-refractivity contribution in [2.75, 3.05) is 0 Å². The van der Waals surface area contributed by atoms with Gasteiger partial charge in [0, 0.05) is 28.1 Å². The normalized spacial score (nSPS) is 11.9. The summed E-state index contributed by atoms with van der Waals surface area (Å²) in [4.78, 5) is 9.00. The summed E-state index contributed by atoms with van der Waals surface area (Å²) in [7, 11) is 0. The Kier molecular flexibility index (Phi) is 5.51. The summed E-state index contributed by atoms with van der Waals surface area (Å²) in [6.07, 6.45) is 1.89. The number of aromatic nitrogens is 2. The van der Waals surface area contributed by atoms with Crippen molar-refractivity contribution in [2.45, 2.75) is 52.4 Å². The van der Waals surface area contributed by atoms with Gasteiger partial charge in [0.15, 0.2) is 0 Å². The summed E-state index contributed by atoms with van der Waals surface area (Å²) in [5, 5.41) is 2.48. The van der Waals surface area contributed by atoms with Crippen molar-refractivity contribution in [2.24, 2.45) is 0 Å². The van der Waals surface area contributed by atoms with Crippen LogP contribution >= 0.6 is 0 Å². The highest BCUT2D eigenvalue weighted by Crippen LogP contribution is 2.28. The van der Waals surface area contributed by atoms with Crippen molar-refractivity contribution >= 4 is 21.8 Å². The smallest absolute Gasteiger partial charge is 0.0705 e. The van der Waals surface area contributed by atoms with Gasteiger partial charge >= 0.3 is 0 Å². The van der Waals surface area contributed by atoms with Crippen LogP contribution in [0.5, 0.6) is 0 Å². The van der Waals surface area contributed by atoms with Crippen LogP contribution in [0.25, 0.3) is 21.8 Å². The maximum absolute atomic E-state index is 4.65. The van der Waals surface area contributed by atoms with Gasteiger partial charge in [-0.25, -0.2) is 0 Å². The molecular formula is C26H30N2. The van der Waals surface area contributed by atoms with Crippen molar-refractivity contribution in [3.8, 4) is 0 Å². The molecule has 0 N–H and O–H groups in total. The fourth-order valence-corrected chi connectivity index (χ4v) is 3.23. The third kappa shape index (κ3) is 4.56. The van der Waals surface area contributed by atoms with E-state index in [1.54, 1.807) is 0 Å². The molecule has 28 heavy (non-hydrogen) atoms. The van der Waals surface area contributed by atoms with E-state index in [2.05, 4.69) is 100 Å². The van der Waals surface area contributed by atoms with Crippen LogP contribution in [-0.4, -0.2) is 9.97 Å². The first kappa shape index (κ1) is 20.0. The van der Waals surface area contributed by atoms with E-state index in [1.165, 1.54) is 16.3 Å². The lowest BCUT2D eigenvalue weighted by atomic mass is 9.85. The topological polar surface area (TPSA) is 25.8 Å². The zero-order valence-electron chi connectivity index (χ0n) is 17.8. The maximum Gasteiger partial charge on any atom is 0.0705 e. The molecule has 2 nitrogen and oxygen atoms in total. The number of hydrogen-bond donors (Lipinski definition) is 0. The average Bonchev–Trinajstić information content (AvgIpc) is 2.66. The molecule has 2 heteroatoms. The number of hydrogen-bond acceptors (Lipinski definition) is 2. The van der Waals surface area contributed by atoms with E-state index in [4.69, 9.17) is 0 Å². The van der Waals surface area contributed by atoms with Gasteiger partial charge in [0.25, 0.3) is 0 Å². The quantitative estimate of drug-likeness (QED) is 0.331. The summed E-state index contributed by atoms with van der Waals surface area (Å²) in [6, 6.07) is 22.9. The molecule has 0 aliphatic carbocycles. The van der Waals surface area contributed by atoms with Crippen LogP contribution in [-0.2, 0) is 10.8 Å². The minimum absolute atomic E-state index is 0.129. The van der Waals surface area contributed by atoms with Crippen LogP contribution in [0.1, 0.15) is 52.8 Å². The van der Waals surface area contributed by atoms with E-state index in [9.17, 15) is 0 Å². The first-order valence-electron chi connectivity index (χ1n) is 9.87. The highest BCUT2D eigenvalue weighted by molar-refractivity contribution is 5.82. The maximum atomic E-state index is 4.65. The van der Waals surface area contributed by atoms with Crippen molar-refractivity contribution in [1.82, 2.24) is 9.97 Å². The van der Waals surface area contributed by atoms with Crippen molar-refractivity contribution in [1.29, 1.82) is 0 Å². The van der Waals surface area contributed by atoms with Gasteiger partial charge in [-0.1, -0.05) is 84.0 Å². The van der Waals surface area contributed by atoms with Gasteiger partial charge in [-0.3, -0.25) is 9.97 Å². The first-order valence-corrected chi connectivity index (χ1v) is 9.87.